The molecule has 0 amide bonds. The number of hydrogen-bond donors (Lipinski definition) is 0. The maximum absolute atomic E-state index is 13.2. The molecule has 1 aromatic carbocycles. The first-order valence-corrected chi connectivity index (χ1v) is 7.35. The molecule has 0 aliphatic carbocycles. The zero-order valence-electron chi connectivity index (χ0n) is 9.80. The van der Waals surface area contributed by atoms with E-state index in [1.165, 1.54) is 18.6 Å². The fourth-order valence-electron chi connectivity index (χ4n) is 2.42. The largest absolute Gasteiger partial charge is 0.295 e. The lowest BCUT2D eigenvalue weighted by atomic mass is 10.0. The summed E-state index contributed by atoms with van der Waals surface area (Å²) in [6, 6.07) is 5.10. The Kier molecular flexibility index (Phi) is 4.45. The van der Waals surface area contributed by atoms with Crippen molar-refractivity contribution in [2.45, 2.75) is 25.9 Å². The smallest absolute Gasteiger partial charge is 0.123 e. The Labute approximate surface area is 115 Å². The summed E-state index contributed by atoms with van der Waals surface area (Å²) >= 11 is 9.65. The third-order valence-corrected chi connectivity index (χ3v) is 4.57. The van der Waals surface area contributed by atoms with Gasteiger partial charge in [0.1, 0.15) is 5.82 Å². The van der Waals surface area contributed by atoms with Crippen LogP contribution in [0.4, 0.5) is 4.39 Å². The molecular weight excluding hydrogens is 305 g/mol. The number of benzene rings is 1. The highest BCUT2D eigenvalue weighted by Crippen LogP contribution is 2.28. The molecule has 4 heteroatoms. The van der Waals surface area contributed by atoms with Gasteiger partial charge in [0.05, 0.1) is 0 Å². The van der Waals surface area contributed by atoms with E-state index in [1.807, 2.05) is 0 Å². The normalized spacial score (nSPS) is 25.4. The summed E-state index contributed by atoms with van der Waals surface area (Å²) in [4.78, 5) is 2.38. The van der Waals surface area contributed by atoms with Crippen molar-refractivity contribution in [2.75, 3.05) is 11.9 Å². The summed E-state index contributed by atoms with van der Waals surface area (Å²) in [5, 5.41) is 1.61. The van der Waals surface area contributed by atoms with Crippen LogP contribution in [0.25, 0.3) is 0 Å². The van der Waals surface area contributed by atoms with Crippen LogP contribution in [0, 0.1) is 11.7 Å². The van der Waals surface area contributed by atoms with Crippen LogP contribution in [0.2, 0.25) is 5.02 Å². The van der Waals surface area contributed by atoms with Crippen LogP contribution in [-0.4, -0.2) is 22.8 Å². The van der Waals surface area contributed by atoms with Crippen LogP contribution in [0.5, 0.6) is 0 Å². The molecule has 2 unspecified atom stereocenters. The van der Waals surface area contributed by atoms with Crippen LogP contribution >= 0.6 is 27.5 Å². The molecule has 2 atom stereocenters. The maximum Gasteiger partial charge on any atom is 0.123 e. The molecule has 1 fully saturated rings. The molecule has 1 heterocycles. The molecule has 17 heavy (non-hydrogen) atoms. The van der Waals surface area contributed by atoms with Crippen LogP contribution in [0.3, 0.4) is 0 Å². The summed E-state index contributed by atoms with van der Waals surface area (Å²) in [6.45, 7) is 4.06. The summed E-state index contributed by atoms with van der Waals surface area (Å²) < 4.78 is 13.2. The predicted octanol–water partition coefficient (Wildman–Crippen LogP) is 4.08. The van der Waals surface area contributed by atoms with Crippen LogP contribution < -0.4 is 0 Å². The molecule has 1 aliphatic heterocycles. The van der Waals surface area contributed by atoms with Gasteiger partial charge in [-0.15, -0.1) is 0 Å². The fourth-order valence-corrected chi connectivity index (χ4v) is 3.64. The monoisotopic (exact) mass is 319 g/mol. The lowest BCUT2D eigenvalue weighted by molar-refractivity contribution is 0.244. The van der Waals surface area contributed by atoms with E-state index in [-0.39, 0.29) is 5.82 Å². The Bertz CT molecular complexity index is 399. The first-order chi connectivity index (χ1) is 8.11. The van der Waals surface area contributed by atoms with Gasteiger partial charge in [0, 0.05) is 22.9 Å². The minimum absolute atomic E-state index is 0.216. The molecule has 1 aliphatic rings. The number of rotatable bonds is 3. The number of likely N-dealkylation sites (tertiary alicyclic amines) is 1. The summed E-state index contributed by atoms with van der Waals surface area (Å²) in [6.07, 6.45) is 1.20. The Balaban J connectivity index is 2.12. The number of nitrogens with zero attached hydrogens (tertiary/aromatic N) is 1. The van der Waals surface area contributed by atoms with Crippen LogP contribution in [-0.2, 0) is 6.54 Å². The van der Waals surface area contributed by atoms with Crippen LogP contribution in [0.15, 0.2) is 18.2 Å². The second-order valence-electron chi connectivity index (χ2n) is 4.69. The van der Waals surface area contributed by atoms with Gasteiger partial charge in [-0.1, -0.05) is 34.5 Å². The van der Waals surface area contributed by atoms with Crippen molar-refractivity contribution in [2.24, 2.45) is 5.92 Å². The average molecular weight is 321 g/mol. The zero-order chi connectivity index (χ0) is 12.4. The van der Waals surface area contributed by atoms with Gasteiger partial charge in [-0.05, 0) is 42.6 Å². The standard InChI is InChI=1S/C13H16BrClFN/c1-9-4-5-17(13(9)7-14)8-10-6-11(16)2-3-12(10)15/h2-3,6,9,13H,4-5,7-8H2,1H3. The van der Waals surface area contributed by atoms with Gasteiger partial charge in [0.15, 0.2) is 0 Å². The minimum Gasteiger partial charge on any atom is -0.295 e. The van der Waals surface area contributed by atoms with Gasteiger partial charge in [-0.2, -0.15) is 0 Å². The first kappa shape index (κ1) is 13.3. The molecule has 94 valence electrons. The highest BCUT2D eigenvalue weighted by atomic mass is 79.9. The molecule has 0 aromatic heterocycles. The third kappa shape index (κ3) is 3.01. The van der Waals surface area contributed by atoms with E-state index >= 15 is 0 Å². The molecule has 0 N–H and O–H groups in total. The third-order valence-electron chi connectivity index (χ3n) is 3.54. The average Bonchev–Trinajstić information content (AvgIpc) is 2.64. The van der Waals surface area contributed by atoms with Gasteiger partial charge in [-0.25, -0.2) is 4.39 Å². The molecule has 0 spiro atoms. The number of alkyl halides is 1. The van der Waals surface area contributed by atoms with Crippen molar-refractivity contribution in [3.63, 3.8) is 0 Å². The SMILES string of the molecule is CC1CCN(Cc2cc(F)ccc2Cl)C1CBr. The molecule has 1 aromatic rings. The van der Waals surface area contributed by atoms with Crippen molar-refractivity contribution in [3.05, 3.63) is 34.6 Å². The topological polar surface area (TPSA) is 3.24 Å². The summed E-state index contributed by atoms with van der Waals surface area (Å²) in [7, 11) is 0. The molecule has 2 rings (SSSR count). The van der Waals surface area contributed by atoms with Gasteiger partial charge < -0.3 is 0 Å². The summed E-state index contributed by atoms with van der Waals surface area (Å²) in [5.74, 6) is 0.466. The molecule has 0 bridgehead atoms. The van der Waals surface area contributed by atoms with Gasteiger partial charge >= 0.3 is 0 Å². The minimum atomic E-state index is -0.216. The molecule has 0 radical (unpaired) electrons. The Morgan fingerprint density at radius 3 is 3.00 bits per heavy atom. The molecular formula is C13H16BrClFN. The van der Waals surface area contributed by atoms with Crippen molar-refractivity contribution in [1.29, 1.82) is 0 Å². The van der Waals surface area contributed by atoms with E-state index in [0.717, 1.165) is 24.0 Å². The van der Waals surface area contributed by atoms with E-state index in [2.05, 4.69) is 27.8 Å². The van der Waals surface area contributed by atoms with E-state index in [4.69, 9.17) is 11.6 Å². The van der Waals surface area contributed by atoms with Crippen molar-refractivity contribution in [1.82, 2.24) is 4.90 Å². The van der Waals surface area contributed by atoms with Crippen molar-refractivity contribution >= 4 is 27.5 Å². The lowest BCUT2D eigenvalue weighted by Crippen LogP contribution is -2.33. The molecule has 1 nitrogen and oxygen atoms in total. The van der Waals surface area contributed by atoms with Gasteiger partial charge in [0.25, 0.3) is 0 Å². The number of halogens is 3. The van der Waals surface area contributed by atoms with E-state index < -0.39 is 0 Å². The fraction of sp³-hybridized carbons (Fsp3) is 0.538. The second-order valence-corrected chi connectivity index (χ2v) is 5.75. The Hall–Kier alpha value is -0.120. The van der Waals surface area contributed by atoms with Gasteiger partial charge in [-0.3, -0.25) is 4.90 Å². The Morgan fingerprint density at radius 2 is 2.29 bits per heavy atom. The van der Waals surface area contributed by atoms with Crippen LogP contribution in [0.1, 0.15) is 18.9 Å². The lowest BCUT2D eigenvalue weighted by Gasteiger charge is -2.25. The van der Waals surface area contributed by atoms with Crippen molar-refractivity contribution < 1.29 is 4.39 Å². The second kappa shape index (κ2) is 5.68. The van der Waals surface area contributed by atoms with E-state index in [9.17, 15) is 4.39 Å². The zero-order valence-corrected chi connectivity index (χ0v) is 12.1. The quantitative estimate of drug-likeness (QED) is 0.758. The molecule has 0 saturated carbocycles. The van der Waals surface area contributed by atoms with E-state index in [1.54, 1.807) is 6.07 Å². The highest BCUT2D eigenvalue weighted by molar-refractivity contribution is 9.09. The highest BCUT2D eigenvalue weighted by Gasteiger charge is 2.30. The maximum atomic E-state index is 13.2. The summed E-state index contributed by atoms with van der Waals surface area (Å²) in [5.41, 5.74) is 0.881. The molecule has 1 saturated heterocycles. The van der Waals surface area contributed by atoms with Crippen molar-refractivity contribution in [3.8, 4) is 0 Å². The Morgan fingerprint density at radius 1 is 1.53 bits per heavy atom. The number of hydrogen-bond acceptors (Lipinski definition) is 1. The predicted molar refractivity (Wildman–Crippen MR) is 73.2 cm³/mol. The van der Waals surface area contributed by atoms with E-state index in [0.29, 0.717) is 17.0 Å². The first-order valence-electron chi connectivity index (χ1n) is 5.85. The van der Waals surface area contributed by atoms with Gasteiger partial charge in [0.2, 0.25) is 0 Å².